The summed E-state index contributed by atoms with van der Waals surface area (Å²) in [6.45, 7) is 2.52. The van der Waals surface area contributed by atoms with E-state index in [0.29, 0.717) is 22.6 Å². The van der Waals surface area contributed by atoms with Gasteiger partial charge in [-0.05, 0) is 18.6 Å². The summed E-state index contributed by atoms with van der Waals surface area (Å²) in [5.74, 6) is -0.445. The molecule has 0 saturated heterocycles. The predicted octanol–water partition coefficient (Wildman–Crippen LogP) is 1.92. The molecule has 140 valence electrons. The van der Waals surface area contributed by atoms with Crippen molar-refractivity contribution in [3.8, 4) is 0 Å². The minimum absolute atomic E-state index is 0.0459. The van der Waals surface area contributed by atoms with Crippen LogP contribution in [0.1, 0.15) is 19.8 Å². The van der Waals surface area contributed by atoms with E-state index >= 15 is 0 Å². The topological polar surface area (TPSA) is 81.5 Å². The van der Waals surface area contributed by atoms with E-state index in [-0.39, 0.29) is 23.8 Å². The number of aromatic nitrogens is 2. The molecule has 0 N–H and O–H groups in total. The number of amides is 1. The van der Waals surface area contributed by atoms with Gasteiger partial charge < -0.3 is 9.64 Å². The molecule has 8 heteroatoms. The first-order valence-corrected chi connectivity index (χ1v) is 9.39. The molecule has 0 fully saturated rings. The van der Waals surface area contributed by atoms with Crippen molar-refractivity contribution < 1.29 is 14.3 Å². The van der Waals surface area contributed by atoms with Crippen LogP contribution in [0.5, 0.6) is 0 Å². The molecule has 0 unspecified atom stereocenters. The van der Waals surface area contributed by atoms with Crippen molar-refractivity contribution in [3.63, 3.8) is 0 Å². The maximum Gasteiger partial charge on any atom is 0.325 e. The molecule has 0 radical (unpaired) electrons. The first-order chi connectivity index (χ1) is 12.5. The second kappa shape index (κ2) is 9.38. The van der Waals surface area contributed by atoms with Gasteiger partial charge in [-0.25, -0.2) is 4.98 Å². The number of methoxy groups -OCH3 is 1. The molecule has 1 aromatic heterocycles. The van der Waals surface area contributed by atoms with Crippen LogP contribution in [0.15, 0.2) is 34.2 Å². The Balaban J connectivity index is 2.29. The number of rotatable bonds is 8. The lowest BCUT2D eigenvalue weighted by atomic mass is 10.2. The smallest absolute Gasteiger partial charge is 0.325 e. The standard InChI is InChI=1S/C18H23N3O4S/c1-4-5-10-20(2)15(22)12-26-18-19-14-9-7-6-8-13(14)17(24)21(18)11-16(23)25-3/h6-9H,4-5,10-12H2,1-3H3. The third kappa shape index (κ3) is 4.85. The van der Waals surface area contributed by atoms with Crippen LogP contribution in [-0.4, -0.2) is 52.8 Å². The Bertz CT molecular complexity index is 850. The molecule has 1 amide bonds. The monoisotopic (exact) mass is 377 g/mol. The summed E-state index contributed by atoms with van der Waals surface area (Å²) < 4.78 is 5.94. The zero-order valence-electron chi connectivity index (χ0n) is 15.2. The van der Waals surface area contributed by atoms with Crippen LogP contribution in [-0.2, 0) is 20.9 Å². The normalized spacial score (nSPS) is 10.7. The van der Waals surface area contributed by atoms with Crippen molar-refractivity contribution in [1.29, 1.82) is 0 Å². The van der Waals surface area contributed by atoms with E-state index in [2.05, 4.69) is 16.6 Å². The quantitative estimate of drug-likeness (QED) is 0.397. The van der Waals surface area contributed by atoms with E-state index in [1.165, 1.54) is 11.7 Å². The first-order valence-electron chi connectivity index (χ1n) is 8.41. The number of nitrogens with zero attached hydrogens (tertiary/aromatic N) is 3. The summed E-state index contributed by atoms with van der Waals surface area (Å²) in [5.41, 5.74) is 0.211. The highest BCUT2D eigenvalue weighted by Crippen LogP contribution is 2.18. The van der Waals surface area contributed by atoms with Crippen molar-refractivity contribution in [1.82, 2.24) is 14.5 Å². The molecule has 0 aliphatic heterocycles. The summed E-state index contributed by atoms with van der Waals surface area (Å²) in [6, 6.07) is 6.93. The molecular formula is C18H23N3O4S. The Labute approximate surface area is 156 Å². The molecule has 0 saturated carbocycles. The lowest BCUT2D eigenvalue weighted by molar-refractivity contribution is -0.141. The summed E-state index contributed by atoms with van der Waals surface area (Å²) in [5, 5.41) is 0.753. The number of hydrogen-bond donors (Lipinski definition) is 0. The average Bonchev–Trinajstić information content (AvgIpc) is 2.66. The Kier molecular flexibility index (Phi) is 7.20. The molecule has 0 aliphatic carbocycles. The van der Waals surface area contributed by atoms with Gasteiger partial charge in [-0.15, -0.1) is 0 Å². The molecule has 1 aromatic carbocycles. The lowest BCUT2D eigenvalue weighted by Crippen LogP contribution is -2.30. The molecule has 0 spiro atoms. The van der Waals surface area contributed by atoms with Crippen LogP contribution in [0.2, 0.25) is 0 Å². The number of esters is 1. The van der Waals surface area contributed by atoms with Gasteiger partial charge in [-0.2, -0.15) is 0 Å². The molecule has 2 rings (SSSR count). The van der Waals surface area contributed by atoms with Gasteiger partial charge in [0, 0.05) is 13.6 Å². The number of hydrogen-bond acceptors (Lipinski definition) is 6. The predicted molar refractivity (Wildman–Crippen MR) is 101 cm³/mol. The second-order valence-electron chi connectivity index (χ2n) is 5.84. The zero-order valence-corrected chi connectivity index (χ0v) is 16.0. The minimum atomic E-state index is -0.544. The van der Waals surface area contributed by atoms with E-state index in [1.54, 1.807) is 36.2 Å². The average molecular weight is 377 g/mol. The number of thioether (sulfide) groups is 1. The number of carbonyl (C=O) groups excluding carboxylic acids is 2. The van der Waals surface area contributed by atoms with E-state index in [9.17, 15) is 14.4 Å². The third-order valence-corrected chi connectivity index (χ3v) is 4.90. The second-order valence-corrected chi connectivity index (χ2v) is 6.78. The Morgan fingerprint density at radius 3 is 2.73 bits per heavy atom. The van der Waals surface area contributed by atoms with Crippen molar-refractivity contribution in [2.24, 2.45) is 0 Å². The fourth-order valence-electron chi connectivity index (χ4n) is 2.35. The zero-order chi connectivity index (χ0) is 19.1. The van der Waals surface area contributed by atoms with Gasteiger partial charge in [-0.1, -0.05) is 37.2 Å². The molecule has 0 atom stereocenters. The molecule has 0 aliphatic rings. The Morgan fingerprint density at radius 2 is 2.04 bits per heavy atom. The van der Waals surface area contributed by atoms with Crippen molar-refractivity contribution >= 4 is 34.5 Å². The van der Waals surface area contributed by atoms with E-state index < -0.39 is 5.97 Å². The highest BCUT2D eigenvalue weighted by atomic mass is 32.2. The SMILES string of the molecule is CCCCN(C)C(=O)CSc1nc2ccccc2c(=O)n1CC(=O)OC. The van der Waals surface area contributed by atoms with E-state index in [4.69, 9.17) is 0 Å². The Hall–Kier alpha value is -2.35. The maximum absolute atomic E-state index is 12.7. The van der Waals surface area contributed by atoms with Crippen LogP contribution < -0.4 is 5.56 Å². The van der Waals surface area contributed by atoms with Gasteiger partial charge in [0.05, 0.1) is 23.8 Å². The van der Waals surface area contributed by atoms with Crippen molar-refractivity contribution in [2.45, 2.75) is 31.5 Å². The minimum Gasteiger partial charge on any atom is -0.468 e. The van der Waals surface area contributed by atoms with Gasteiger partial charge in [0.25, 0.3) is 5.56 Å². The fraction of sp³-hybridized carbons (Fsp3) is 0.444. The van der Waals surface area contributed by atoms with E-state index in [0.717, 1.165) is 24.6 Å². The van der Waals surface area contributed by atoms with Gasteiger partial charge in [0.2, 0.25) is 5.91 Å². The molecular weight excluding hydrogens is 354 g/mol. The van der Waals surface area contributed by atoms with E-state index in [1.807, 2.05) is 0 Å². The lowest BCUT2D eigenvalue weighted by Gasteiger charge is -2.17. The summed E-state index contributed by atoms with van der Waals surface area (Å²) in [6.07, 6.45) is 1.95. The van der Waals surface area contributed by atoms with Crippen LogP contribution >= 0.6 is 11.8 Å². The fourth-order valence-corrected chi connectivity index (χ4v) is 3.29. The number of fused-ring (bicyclic) bond motifs is 1. The van der Waals surface area contributed by atoms with Crippen LogP contribution in [0.4, 0.5) is 0 Å². The van der Waals surface area contributed by atoms with Gasteiger partial charge in [0.15, 0.2) is 5.16 Å². The number of para-hydroxylation sites is 1. The third-order valence-electron chi connectivity index (χ3n) is 3.94. The molecule has 2 aromatic rings. The van der Waals surface area contributed by atoms with Crippen LogP contribution in [0.25, 0.3) is 10.9 Å². The first kappa shape index (κ1) is 20.0. The number of benzene rings is 1. The van der Waals surface area contributed by atoms with Crippen molar-refractivity contribution in [3.05, 3.63) is 34.6 Å². The van der Waals surface area contributed by atoms with Crippen LogP contribution in [0.3, 0.4) is 0 Å². The van der Waals surface area contributed by atoms with Crippen LogP contribution in [0, 0.1) is 0 Å². The summed E-state index contributed by atoms with van der Waals surface area (Å²) in [7, 11) is 3.02. The van der Waals surface area contributed by atoms with Gasteiger partial charge in [0.1, 0.15) is 6.54 Å². The number of unbranched alkanes of at least 4 members (excludes halogenated alkanes) is 1. The van der Waals surface area contributed by atoms with Gasteiger partial charge >= 0.3 is 5.97 Å². The summed E-state index contributed by atoms with van der Waals surface area (Å²) >= 11 is 1.15. The molecule has 26 heavy (non-hydrogen) atoms. The highest BCUT2D eigenvalue weighted by Gasteiger charge is 2.17. The Morgan fingerprint density at radius 1 is 1.31 bits per heavy atom. The molecule has 7 nitrogen and oxygen atoms in total. The molecule has 1 heterocycles. The van der Waals surface area contributed by atoms with Crippen molar-refractivity contribution in [2.75, 3.05) is 26.5 Å². The molecule has 0 bridgehead atoms. The number of carbonyl (C=O) groups is 2. The largest absolute Gasteiger partial charge is 0.468 e. The highest BCUT2D eigenvalue weighted by molar-refractivity contribution is 7.99. The van der Waals surface area contributed by atoms with Gasteiger partial charge in [-0.3, -0.25) is 19.0 Å². The maximum atomic E-state index is 12.7. The summed E-state index contributed by atoms with van der Waals surface area (Å²) in [4.78, 5) is 42.8. The number of ether oxygens (including phenoxy) is 1.